The van der Waals surface area contributed by atoms with Crippen molar-refractivity contribution in [3.05, 3.63) is 54.2 Å². The summed E-state index contributed by atoms with van der Waals surface area (Å²) < 4.78 is 7.64. The topological polar surface area (TPSA) is 27.1 Å². The zero-order chi connectivity index (χ0) is 16.1. The third-order valence-electron chi connectivity index (χ3n) is 3.97. The summed E-state index contributed by atoms with van der Waals surface area (Å²) in [5.74, 6) is 0.911. The van der Waals surface area contributed by atoms with Gasteiger partial charge in [-0.1, -0.05) is 32.4 Å². The second kappa shape index (κ2) is 7.32. The Morgan fingerprint density at radius 1 is 1.00 bits per heavy atom. The minimum Gasteiger partial charge on any atom is -0.494 e. The number of ether oxygens (including phenoxy) is 1. The maximum Gasteiger partial charge on any atom is 0.120 e. The molecular formula is C20H24N2O. The van der Waals surface area contributed by atoms with Crippen LogP contribution in [-0.4, -0.2) is 16.4 Å². The molecule has 0 aliphatic rings. The van der Waals surface area contributed by atoms with Crippen LogP contribution in [0.15, 0.2) is 48.7 Å². The zero-order valence-electron chi connectivity index (χ0n) is 14.0. The van der Waals surface area contributed by atoms with E-state index < -0.39 is 0 Å². The van der Waals surface area contributed by atoms with Crippen molar-refractivity contribution < 1.29 is 4.74 Å². The molecule has 0 radical (unpaired) electrons. The van der Waals surface area contributed by atoms with Crippen LogP contribution in [0.2, 0.25) is 0 Å². The lowest BCUT2D eigenvalue weighted by Gasteiger charge is -2.03. The molecule has 3 nitrogen and oxygen atoms in total. The van der Waals surface area contributed by atoms with Crippen LogP contribution in [0, 0.1) is 0 Å². The fraction of sp³-hybridized carbons (Fsp3) is 0.350. The molecular weight excluding hydrogens is 284 g/mol. The standard InChI is InChI=1S/C20H24N2O/c1-3-5-6-16-7-9-18(10-8-16)22-15-17-14-19(23-13-4-2)11-12-20(17)21-22/h7-12,14-15H,3-6,13H2,1-2H3. The molecule has 120 valence electrons. The molecule has 1 aromatic heterocycles. The minimum absolute atomic E-state index is 0.749. The lowest BCUT2D eigenvalue weighted by molar-refractivity contribution is 0.318. The second-order valence-electron chi connectivity index (χ2n) is 5.91. The third kappa shape index (κ3) is 3.73. The minimum atomic E-state index is 0.749. The average molecular weight is 308 g/mol. The van der Waals surface area contributed by atoms with Crippen LogP contribution in [0.4, 0.5) is 0 Å². The highest BCUT2D eigenvalue weighted by atomic mass is 16.5. The first-order chi connectivity index (χ1) is 11.3. The van der Waals surface area contributed by atoms with E-state index in [0.29, 0.717) is 0 Å². The van der Waals surface area contributed by atoms with E-state index in [4.69, 9.17) is 4.74 Å². The molecule has 0 spiro atoms. The van der Waals surface area contributed by atoms with Crippen LogP contribution < -0.4 is 4.74 Å². The monoisotopic (exact) mass is 308 g/mol. The van der Waals surface area contributed by atoms with E-state index in [2.05, 4.69) is 55.5 Å². The van der Waals surface area contributed by atoms with Crippen LogP contribution in [-0.2, 0) is 6.42 Å². The average Bonchev–Trinajstić information content (AvgIpc) is 3.01. The molecule has 3 heteroatoms. The van der Waals surface area contributed by atoms with Gasteiger partial charge in [-0.25, -0.2) is 4.68 Å². The normalized spacial score (nSPS) is 11.0. The number of aromatic nitrogens is 2. The Morgan fingerprint density at radius 2 is 1.83 bits per heavy atom. The van der Waals surface area contributed by atoms with Crippen molar-refractivity contribution in [3.8, 4) is 11.4 Å². The van der Waals surface area contributed by atoms with Crippen LogP contribution >= 0.6 is 0 Å². The summed E-state index contributed by atoms with van der Waals surface area (Å²) in [5, 5.41) is 5.76. The Labute approximate surface area is 137 Å². The number of nitrogens with zero attached hydrogens (tertiary/aromatic N) is 2. The van der Waals surface area contributed by atoms with Gasteiger partial charge in [0, 0.05) is 11.6 Å². The van der Waals surface area contributed by atoms with Gasteiger partial charge in [-0.3, -0.25) is 0 Å². The Kier molecular flexibility index (Phi) is 4.96. The van der Waals surface area contributed by atoms with Crippen LogP contribution in [0.1, 0.15) is 38.7 Å². The molecule has 0 bridgehead atoms. The van der Waals surface area contributed by atoms with Gasteiger partial charge in [-0.05, 0) is 55.2 Å². The third-order valence-corrected chi connectivity index (χ3v) is 3.97. The van der Waals surface area contributed by atoms with E-state index in [1.54, 1.807) is 0 Å². The molecule has 23 heavy (non-hydrogen) atoms. The molecule has 0 atom stereocenters. The Balaban J connectivity index is 1.82. The highest BCUT2D eigenvalue weighted by molar-refractivity contribution is 5.80. The van der Waals surface area contributed by atoms with E-state index in [0.717, 1.165) is 41.8 Å². The Hall–Kier alpha value is -2.29. The van der Waals surface area contributed by atoms with Crippen molar-refractivity contribution in [2.75, 3.05) is 6.61 Å². The number of benzene rings is 2. The first-order valence-electron chi connectivity index (χ1n) is 8.51. The summed E-state index contributed by atoms with van der Waals surface area (Å²) in [6.45, 7) is 5.09. The molecule has 0 amide bonds. The number of fused-ring (bicyclic) bond motifs is 1. The van der Waals surface area contributed by atoms with Gasteiger partial charge in [0.1, 0.15) is 5.75 Å². The van der Waals surface area contributed by atoms with Gasteiger partial charge < -0.3 is 4.74 Å². The summed E-state index contributed by atoms with van der Waals surface area (Å²) >= 11 is 0. The van der Waals surface area contributed by atoms with E-state index in [9.17, 15) is 0 Å². The van der Waals surface area contributed by atoms with E-state index in [1.165, 1.54) is 18.4 Å². The van der Waals surface area contributed by atoms with Gasteiger partial charge in [0.2, 0.25) is 0 Å². The van der Waals surface area contributed by atoms with Crippen molar-refractivity contribution in [1.82, 2.24) is 9.78 Å². The lowest BCUT2D eigenvalue weighted by Crippen LogP contribution is -1.94. The molecule has 1 heterocycles. The Bertz CT molecular complexity index is 759. The molecule has 3 rings (SSSR count). The SMILES string of the molecule is CCCCc1ccc(-n2cc3cc(OCCC)ccc3n2)cc1. The maximum atomic E-state index is 5.69. The summed E-state index contributed by atoms with van der Waals surface area (Å²) in [4.78, 5) is 0. The summed E-state index contributed by atoms with van der Waals surface area (Å²) in [5.41, 5.74) is 3.48. The summed E-state index contributed by atoms with van der Waals surface area (Å²) in [6.07, 6.45) is 6.70. The highest BCUT2D eigenvalue weighted by Crippen LogP contribution is 2.22. The predicted molar refractivity (Wildman–Crippen MR) is 95.5 cm³/mol. The highest BCUT2D eigenvalue weighted by Gasteiger charge is 2.05. The quantitative estimate of drug-likeness (QED) is 0.603. The van der Waals surface area contributed by atoms with E-state index in [1.807, 2.05) is 16.8 Å². The number of rotatable bonds is 7. The van der Waals surface area contributed by atoms with Crippen LogP contribution in [0.5, 0.6) is 5.75 Å². The zero-order valence-corrected chi connectivity index (χ0v) is 14.0. The number of aryl methyl sites for hydroxylation is 1. The number of hydrogen-bond acceptors (Lipinski definition) is 2. The first-order valence-corrected chi connectivity index (χ1v) is 8.51. The lowest BCUT2D eigenvalue weighted by atomic mass is 10.1. The molecule has 0 unspecified atom stereocenters. The molecule has 2 aromatic carbocycles. The van der Waals surface area contributed by atoms with Gasteiger partial charge in [0.15, 0.2) is 0 Å². The number of hydrogen-bond donors (Lipinski definition) is 0. The van der Waals surface area contributed by atoms with E-state index in [-0.39, 0.29) is 0 Å². The predicted octanol–water partition coefficient (Wildman–Crippen LogP) is 5.16. The van der Waals surface area contributed by atoms with Crippen LogP contribution in [0.3, 0.4) is 0 Å². The van der Waals surface area contributed by atoms with Crippen molar-refractivity contribution in [2.24, 2.45) is 0 Å². The van der Waals surface area contributed by atoms with Crippen molar-refractivity contribution in [1.29, 1.82) is 0 Å². The number of unbranched alkanes of at least 4 members (excludes halogenated alkanes) is 1. The van der Waals surface area contributed by atoms with E-state index >= 15 is 0 Å². The molecule has 0 aliphatic carbocycles. The maximum absolute atomic E-state index is 5.69. The molecule has 0 N–H and O–H groups in total. The van der Waals surface area contributed by atoms with Crippen molar-refractivity contribution in [3.63, 3.8) is 0 Å². The van der Waals surface area contributed by atoms with Crippen molar-refractivity contribution >= 4 is 10.9 Å². The molecule has 0 aliphatic heterocycles. The fourth-order valence-electron chi connectivity index (χ4n) is 2.64. The van der Waals surface area contributed by atoms with Gasteiger partial charge in [0.25, 0.3) is 0 Å². The Morgan fingerprint density at radius 3 is 2.57 bits per heavy atom. The van der Waals surface area contributed by atoms with Gasteiger partial charge >= 0.3 is 0 Å². The van der Waals surface area contributed by atoms with Crippen LogP contribution in [0.25, 0.3) is 16.6 Å². The second-order valence-corrected chi connectivity index (χ2v) is 5.91. The largest absolute Gasteiger partial charge is 0.494 e. The van der Waals surface area contributed by atoms with Gasteiger partial charge in [-0.15, -0.1) is 0 Å². The fourth-order valence-corrected chi connectivity index (χ4v) is 2.64. The van der Waals surface area contributed by atoms with Crippen molar-refractivity contribution in [2.45, 2.75) is 39.5 Å². The molecule has 0 saturated carbocycles. The molecule has 0 fully saturated rings. The smallest absolute Gasteiger partial charge is 0.120 e. The molecule has 3 aromatic rings. The molecule has 0 saturated heterocycles. The first kappa shape index (κ1) is 15.6. The van der Waals surface area contributed by atoms with Gasteiger partial charge in [0.05, 0.1) is 17.8 Å². The van der Waals surface area contributed by atoms with Gasteiger partial charge in [-0.2, -0.15) is 5.10 Å². The summed E-state index contributed by atoms with van der Waals surface area (Å²) in [6, 6.07) is 14.8. The summed E-state index contributed by atoms with van der Waals surface area (Å²) in [7, 11) is 0.